The van der Waals surface area contributed by atoms with Gasteiger partial charge >= 0.3 is 0 Å². The highest BCUT2D eigenvalue weighted by Crippen LogP contribution is 2.13. The maximum absolute atomic E-state index is 12.0. The summed E-state index contributed by atoms with van der Waals surface area (Å²) in [6.07, 6.45) is 1.64. The van der Waals surface area contributed by atoms with Crippen LogP contribution in [-0.2, 0) is 4.79 Å². The molecule has 96 valence electrons. The molecule has 0 aromatic carbocycles. The predicted molar refractivity (Wildman–Crippen MR) is 67.6 cm³/mol. The zero-order valence-electron chi connectivity index (χ0n) is 11.1. The lowest BCUT2D eigenvalue weighted by atomic mass is 10.2. The quantitative estimate of drug-likeness (QED) is 0.826. The van der Waals surface area contributed by atoms with Gasteiger partial charge in [0.05, 0.1) is 18.3 Å². The van der Waals surface area contributed by atoms with Gasteiger partial charge in [0.15, 0.2) is 0 Å². The van der Waals surface area contributed by atoms with Crippen molar-refractivity contribution in [2.75, 3.05) is 13.1 Å². The van der Waals surface area contributed by atoms with E-state index in [0.29, 0.717) is 0 Å². The van der Waals surface area contributed by atoms with Crippen molar-refractivity contribution in [3.63, 3.8) is 0 Å². The molecule has 0 saturated carbocycles. The highest BCUT2D eigenvalue weighted by atomic mass is 16.3. The van der Waals surface area contributed by atoms with E-state index in [1.165, 1.54) is 0 Å². The van der Waals surface area contributed by atoms with E-state index in [0.717, 1.165) is 18.8 Å². The summed E-state index contributed by atoms with van der Waals surface area (Å²) in [7, 11) is 0. The first kappa shape index (κ1) is 13.8. The van der Waals surface area contributed by atoms with Crippen LogP contribution in [0, 0.1) is 0 Å². The van der Waals surface area contributed by atoms with Crippen molar-refractivity contribution in [1.29, 1.82) is 0 Å². The van der Waals surface area contributed by atoms with Crippen molar-refractivity contribution < 1.29 is 9.21 Å². The fourth-order valence-corrected chi connectivity index (χ4v) is 1.88. The van der Waals surface area contributed by atoms with Crippen LogP contribution >= 0.6 is 0 Å². The van der Waals surface area contributed by atoms with Crippen molar-refractivity contribution in [2.45, 2.75) is 39.8 Å². The summed E-state index contributed by atoms with van der Waals surface area (Å²) in [4.78, 5) is 13.9. The fraction of sp³-hybridized carbons (Fsp3) is 0.615. The van der Waals surface area contributed by atoms with Crippen LogP contribution < -0.4 is 5.32 Å². The zero-order valence-corrected chi connectivity index (χ0v) is 11.1. The highest BCUT2D eigenvalue weighted by molar-refractivity contribution is 5.81. The standard InChI is InChI=1S/C13H22N2O2/c1-5-15(6-2)13(16)11(4)14-10(3)12-8-7-9-17-12/h7-11,14H,5-6H2,1-4H3. The molecule has 0 fully saturated rings. The van der Waals surface area contributed by atoms with E-state index < -0.39 is 0 Å². The van der Waals surface area contributed by atoms with Crippen LogP contribution in [0.4, 0.5) is 0 Å². The minimum atomic E-state index is -0.199. The molecular formula is C13H22N2O2. The summed E-state index contributed by atoms with van der Waals surface area (Å²) in [6, 6.07) is 3.60. The molecule has 0 radical (unpaired) electrons. The number of hydrogen-bond donors (Lipinski definition) is 1. The largest absolute Gasteiger partial charge is 0.468 e. The van der Waals surface area contributed by atoms with Gasteiger partial charge in [-0.25, -0.2) is 0 Å². The molecule has 1 rings (SSSR count). The van der Waals surface area contributed by atoms with Crippen LogP contribution in [0.15, 0.2) is 22.8 Å². The topological polar surface area (TPSA) is 45.5 Å². The smallest absolute Gasteiger partial charge is 0.239 e. The van der Waals surface area contributed by atoms with Gasteiger partial charge in [0.1, 0.15) is 5.76 Å². The first-order chi connectivity index (χ1) is 8.10. The lowest BCUT2D eigenvalue weighted by molar-refractivity contribution is -0.132. The molecule has 1 aromatic rings. The molecule has 1 N–H and O–H groups in total. The molecule has 0 bridgehead atoms. The Morgan fingerprint density at radius 2 is 2.06 bits per heavy atom. The Kier molecular flexibility index (Phi) is 5.22. The third-order valence-corrected chi connectivity index (χ3v) is 2.92. The van der Waals surface area contributed by atoms with E-state index >= 15 is 0 Å². The molecule has 0 aliphatic heterocycles. The summed E-state index contributed by atoms with van der Waals surface area (Å²) in [6.45, 7) is 9.35. The second kappa shape index (κ2) is 6.45. The predicted octanol–water partition coefficient (Wildman–Crippen LogP) is 2.19. The highest BCUT2D eigenvalue weighted by Gasteiger charge is 2.20. The summed E-state index contributed by atoms with van der Waals surface area (Å²) in [5.74, 6) is 0.984. The number of likely N-dealkylation sites (N-methyl/N-ethyl adjacent to an activating group) is 1. The molecule has 4 heteroatoms. The number of hydrogen-bond acceptors (Lipinski definition) is 3. The molecule has 2 unspecified atom stereocenters. The number of nitrogens with zero attached hydrogens (tertiary/aromatic N) is 1. The molecule has 0 aliphatic rings. The van der Waals surface area contributed by atoms with Crippen LogP contribution in [0.5, 0.6) is 0 Å². The number of amides is 1. The molecule has 1 heterocycles. The molecule has 0 spiro atoms. The van der Waals surface area contributed by atoms with Crippen molar-refractivity contribution in [3.05, 3.63) is 24.2 Å². The Labute approximate surface area is 103 Å². The van der Waals surface area contributed by atoms with E-state index in [1.807, 2.05) is 44.7 Å². The number of nitrogens with one attached hydrogen (secondary N) is 1. The van der Waals surface area contributed by atoms with Gasteiger partial charge in [-0.3, -0.25) is 10.1 Å². The van der Waals surface area contributed by atoms with Crippen LogP contribution in [-0.4, -0.2) is 29.9 Å². The summed E-state index contributed by atoms with van der Waals surface area (Å²) in [5.41, 5.74) is 0. The van der Waals surface area contributed by atoms with Crippen molar-refractivity contribution in [2.24, 2.45) is 0 Å². The van der Waals surface area contributed by atoms with Gasteiger partial charge < -0.3 is 9.32 Å². The number of rotatable bonds is 6. The Bertz CT molecular complexity index is 331. The van der Waals surface area contributed by atoms with Gasteiger partial charge in [0.25, 0.3) is 0 Å². The SMILES string of the molecule is CCN(CC)C(=O)C(C)NC(C)c1ccco1. The number of furan rings is 1. The second-order valence-electron chi connectivity index (χ2n) is 4.14. The number of carbonyl (C=O) groups excluding carboxylic acids is 1. The molecule has 2 atom stereocenters. The minimum Gasteiger partial charge on any atom is -0.468 e. The Morgan fingerprint density at radius 3 is 2.53 bits per heavy atom. The average Bonchev–Trinajstić information content (AvgIpc) is 2.83. The van der Waals surface area contributed by atoms with E-state index in [9.17, 15) is 4.79 Å². The van der Waals surface area contributed by atoms with Gasteiger partial charge in [0, 0.05) is 13.1 Å². The molecular weight excluding hydrogens is 216 g/mol. The molecule has 0 aliphatic carbocycles. The van der Waals surface area contributed by atoms with Gasteiger partial charge in [0.2, 0.25) is 5.91 Å². The normalized spacial score (nSPS) is 14.4. The van der Waals surface area contributed by atoms with Crippen LogP contribution in [0.2, 0.25) is 0 Å². The molecule has 1 aromatic heterocycles. The first-order valence-electron chi connectivity index (χ1n) is 6.18. The zero-order chi connectivity index (χ0) is 12.8. The van der Waals surface area contributed by atoms with Crippen molar-refractivity contribution >= 4 is 5.91 Å². The summed E-state index contributed by atoms with van der Waals surface area (Å²) >= 11 is 0. The van der Waals surface area contributed by atoms with Crippen molar-refractivity contribution in [1.82, 2.24) is 10.2 Å². The lowest BCUT2D eigenvalue weighted by Gasteiger charge is -2.25. The third kappa shape index (κ3) is 3.60. The Balaban J connectivity index is 2.54. The average molecular weight is 238 g/mol. The maximum Gasteiger partial charge on any atom is 0.239 e. The lowest BCUT2D eigenvalue weighted by Crippen LogP contribution is -2.45. The summed E-state index contributed by atoms with van der Waals surface area (Å²) in [5, 5.41) is 3.25. The minimum absolute atomic E-state index is 0.0412. The van der Waals surface area contributed by atoms with Gasteiger partial charge in [-0.05, 0) is 39.8 Å². The van der Waals surface area contributed by atoms with Gasteiger partial charge in [-0.15, -0.1) is 0 Å². The van der Waals surface area contributed by atoms with Gasteiger partial charge in [-0.1, -0.05) is 0 Å². The molecule has 0 saturated heterocycles. The van der Waals surface area contributed by atoms with E-state index in [-0.39, 0.29) is 18.0 Å². The Morgan fingerprint density at radius 1 is 1.41 bits per heavy atom. The van der Waals surface area contributed by atoms with Gasteiger partial charge in [-0.2, -0.15) is 0 Å². The monoisotopic (exact) mass is 238 g/mol. The summed E-state index contributed by atoms with van der Waals surface area (Å²) < 4.78 is 5.30. The molecule has 4 nitrogen and oxygen atoms in total. The second-order valence-corrected chi connectivity index (χ2v) is 4.14. The molecule has 1 amide bonds. The van der Waals surface area contributed by atoms with E-state index in [2.05, 4.69) is 5.32 Å². The molecule has 17 heavy (non-hydrogen) atoms. The number of carbonyl (C=O) groups is 1. The van der Waals surface area contributed by atoms with E-state index in [4.69, 9.17) is 4.42 Å². The van der Waals surface area contributed by atoms with Crippen LogP contribution in [0.3, 0.4) is 0 Å². The van der Waals surface area contributed by atoms with Crippen LogP contribution in [0.1, 0.15) is 39.5 Å². The third-order valence-electron chi connectivity index (χ3n) is 2.92. The van der Waals surface area contributed by atoms with Crippen LogP contribution in [0.25, 0.3) is 0 Å². The first-order valence-corrected chi connectivity index (χ1v) is 6.18. The van der Waals surface area contributed by atoms with Crippen molar-refractivity contribution in [3.8, 4) is 0 Å². The Hall–Kier alpha value is -1.29. The maximum atomic E-state index is 12.0. The van der Waals surface area contributed by atoms with E-state index in [1.54, 1.807) is 6.26 Å². The fourth-order valence-electron chi connectivity index (χ4n) is 1.88.